The fraction of sp³-hybridized carbons (Fsp3) is 0.667. The maximum atomic E-state index is 11.0. The Balaban J connectivity index is 2.53. The van der Waals surface area contributed by atoms with Gasteiger partial charge in [-0.2, -0.15) is 0 Å². The van der Waals surface area contributed by atoms with Crippen LogP contribution in [0.2, 0.25) is 0 Å². The van der Waals surface area contributed by atoms with Crippen LogP contribution in [0.3, 0.4) is 0 Å². The highest BCUT2D eigenvalue weighted by Crippen LogP contribution is 2.34. The molecule has 1 unspecified atom stereocenters. The van der Waals surface area contributed by atoms with Gasteiger partial charge < -0.3 is 5.32 Å². The predicted molar refractivity (Wildman–Crippen MR) is 53.0 cm³/mol. The molecule has 1 heterocycles. The maximum Gasteiger partial charge on any atom is 0.250 e. The fourth-order valence-electron chi connectivity index (χ4n) is 1.05. The Kier molecular flexibility index (Phi) is 2.52. The van der Waals surface area contributed by atoms with E-state index >= 15 is 0 Å². The molecule has 2 nitrogen and oxygen atoms in total. The zero-order chi connectivity index (χ0) is 9.35. The van der Waals surface area contributed by atoms with Crippen LogP contribution in [0.1, 0.15) is 27.7 Å². The number of hydrogen-bond acceptors (Lipinski definition) is 2. The van der Waals surface area contributed by atoms with Gasteiger partial charge >= 0.3 is 0 Å². The minimum atomic E-state index is 0.0826. The maximum absolute atomic E-state index is 11.0. The Bertz CT molecular complexity index is 227. The Hall–Kier alpha value is -0.440. The van der Waals surface area contributed by atoms with E-state index in [1.807, 2.05) is 13.0 Å². The third kappa shape index (κ3) is 2.03. The molecule has 1 fully saturated rings. The number of carbonyl (C=O) groups excluding carboxylic acids is 1. The van der Waals surface area contributed by atoms with E-state index in [4.69, 9.17) is 0 Å². The molecular weight excluding hydrogens is 170 g/mol. The molecule has 1 N–H and O–H groups in total. The number of allylic oxidation sites excluding steroid dienone is 1. The van der Waals surface area contributed by atoms with Crippen molar-refractivity contribution in [1.29, 1.82) is 0 Å². The number of carbonyl (C=O) groups is 1. The van der Waals surface area contributed by atoms with Crippen molar-refractivity contribution in [2.24, 2.45) is 0 Å². The lowest BCUT2D eigenvalue weighted by Gasteiger charge is -2.34. The largest absolute Gasteiger partial charge is 0.336 e. The van der Waals surface area contributed by atoms with Crippen molar-refractivity contribution in [1.82, 2.24) is 5.32 Å². The molecule has 68 valence electrons. The first-order chi connectivity index (χ1) is 5.44. The van der Waals surface area contributed by atoms with E-state index in [1.54, 1.807) is 11.8 Å². The van der Waals surface area contributed by atoms with E-state index in [1.165, 1.54) is 0 Å². The summed E-state index contributed by atoms with van der Waals surface area (Å²) in [6.07, 6.45) is 1.89. The zero-order valence-corrected chi connectivity index (χ0v) is 8.79. The van der Waals surface area contributed by atoms with E-state index < -0.39 is 0 Å². The van der Waals surface area contributed by atoms with Crippen LogP contribution >= 0.6 is 11.8 Å². The average molecular weight is 185 g/mol. The highest BCUT2D eigenvalue weighted by Gasteiger charge is 2.35. The number of β-lactam (4-membered cyclic amide) rings is 1. The molecule has 1 aliphatic rings. The molecule has 1 saturated heterocycles. The first kappa shape index (κ1) is 9.65. The smallest absolute Gasteiger partial charge is 0.250 e. The zero-order valence-electron chi connectivity index (χ0n) is 7.97. The first-order valence-corrected chi connectivity index (χ1v) is 4.97. The van der Waals surface area contributed by atoms with E-state index in [0.717, 1.165) is 5.57 Å². The number of rotatable bonds is 1. The van der Waals surface area contributed by atoms with Gasteiger partial charge in [0, 0.05) is 10.3 Å². The Labute approximate surface area is 77.8 Å². The summed E-state index contributed by atoms with van der Waals surface area (Å²) in [6, 6.07) is 0. The van der Waals surface area contributed by atoms with E-state index in [-0.39, 0.29) is 16.0 Å². The summed E-state index contributed by atoms with van der Waals surface area (Å²) >= 11 is 1.78. The molecule has 0 saturated carbocycles. The predicted octanol–water partition coefficient (Wildman–Crippen LogP) is 1.92. The molecule has 0 spiro atoms. The molecular formula is C9H15NOS. The molecule has 1 rings (SSSR count). The minimum Gasteiger partial charge on any atom is -0.336 e. The SMILES string of the molecule is C/C=C1\C(=O)NC1SC(C)(C)C. The highest BCUT2D eigenvalue weighted by molar-refractivity contribution is 8.01. The van der Waals surface area contributed by atoms with Crippen LogP contribution in [0.4, 0.5) is 0 Å². The van der Waals surface area contributed by atoms with E-state index in [0.29, 0.717) is 0 Å². The molecule has 12 heavy (non-hydrogen) atoms. The van der Waals surface area contributed by atoms with Crippen molar-refractivity contribution in [3.05, 3.63) is 11.6 Å². The summed E-state index contributed by atoms with van der Waals surface area (Å²) < 4.78 is 0.201. The Morgan fingerprint density at radius 1 is 1.50 bits per heavy atom. The topological polar surface area (TPSA) is 29.1 Å². The molecule has 0 aromatic carbocycles. The monoisotopic (exact) mass is 185 g/mol. The average Bonchev–Trinajstić information content (AvgIpc) is 1.84. The molecule has 1 atom stereocenters. The second-order valence-corrected chi connectivity index (χ2v) is 5.76. The van der Waals surface area contributed by atoms with Crippen molar-refractivity contribution in [2.75, 3.05) is 0 Å². The second-order valence-electron chi connectivity index (χ2n) is 3.83. The summed E-state index contributed by atoms with van der Waals surface area (Å²) in [5.74, 6) is 0.0826. The quantitative estimate of drug-likeness (QED) is 0.499. The van der Waals surface area contributed by atoms with Crippen LogP contribution in [-0.2, 0) is 4.79 Å². The number of nitrogens with one attached hydrogen (secondary N) is 1. The molecule has 0 aromatic heterocycles. The van der Waals surface area contributed by atoms with Gasteiger partial charge in [-0.3, -0.25) is 4.79 Å². The molecule has 0 aliphatic carbocycles. The number of thioether (sulfide) groups is 1. The van der Waals surface area contributed by atoms with Gasteiger partial charge in [0.05, 0.1) is 0 Å². The van der Waals surface area contributed by atoms with Gasteiger partial charge in [0.2, 0.25) is 0 Å². The lowest BCUT2D eigenvalue weighted by molar-refractivity contribution is -0.120. The van der Waals surface area contributed by atoms with Crippen molar-refractivity contribution < 1.29 is 4.79 Å². The second kappa shape index (κ2) is 3.13. The molecule has 3 heteroatoms. The Morgan fingerprint density at radius 3 is 2.42 bits per heavy atom. The lowest BCUT2D eigenvalue weighted by atomic mass is 10.1. The van der Waals surface area contributed by atoms with E-state index in [2.05, 4.69) is 26.1 Å². The molecule has 1 aliphatic heterocycles. The van der Waals surface area contributed by atoms with Crippen LogP contribution in [0.5, 0.6) is 0 Å². The molecule has 0 bridgehead atoms. The number of amides is 1. The van der Waals surface area contributed by atoms with Crippen molar-refractivity contribution >= 4 is 17.7 Å². The first-order valence-electron chi connectivity index (χ1n) is 4.09. The van der Waals surface area contributed by atoms with Gasteiger partial charge in [0.15, 0.2) is 0 Å². The molecule has 0 aromatic rings. The van der Waals surface area contributed by atoms with Gasteiger partial charge in [0.1, 0.15) is 5.37 Å². The number of hydrogen-bond donors (Lipinski definition) is 1. The summed E-state index contributed by atoms with van der Waals surface area (Å²) in [4.78, 5) is 11.0. The van der Waals surface area contributed by atoms with Crippen molar-refractivity contribution in [3.63, 3.8) is 0 Å². The van der Waals surface area contributed by atoms with Gasteiger partial charge in [-0.1, -0.05) is 26.8 Å². The summed E-state index contributed by atoms with van der Waals surface area (Å²) in [7, 11) is 0. The lowest BCUT2D eigenvalue weighted by Crippen LogP contribution is -2.50. The van der Waals surface area contributed by atoms with Gasteiger partial charge in [0.25, 0.3) is 5.91 Å². The van der Waals surface area contributed by atoms with Crippen LogP contribution in [0.25, 0.3) is 0 Å². The van der Waals surface area contributed by atoms with Gasteiger partial charge in [-0.25, -0.2) is 0 Å². The van der Waals surface area contributed by atoms with E-state index in [9.17, 15) is 4.79 Å². The third-order valence-electron chi connectivity index (χ3n) is 1.59. The van der Waals surface area contributed by atoms with Gasteiger partial charge in [-0.15, -0.1) is 11.8 Å². The molecule has 0 radical (unpaired) electrons. The van der Waals surface area contributed by atoms with Crippen LogP contribution in [0, 0.1) is 0 Å². The Morgan fingerprint density at radius 2 is 2.08 bits per heavy atom. The van der Waals surface area contributed by atoms with Crippen LogP contribution in [0.15, 0.2) is 11.6 Å². The third-order valence-corrected chi connectivity index (χ3v) is 2.90. The van der Waals surface area contributed by atoms with Crippen molar-refractivity contribution in [2.45, 2.75) is 37.8 Å². The highest BCUT2D eigenvalue weighted by atomic mass is 32.2. The van der Waals surface area contributed by atoms with Crippen LogP contribution in [-0.4, -0.2) is 16.0 Å². The van der Waals surface area contributed by atoms with Gasteiger partial charge in [-0.05, 0) is 6.92 Å². The summed E-state index contributed by atoms with van der Waals surface area (Å²) in [6.45, 7) is 8.35. The summed E-state index contributed by atoms with van der Waals surface area (Å²) in [5.41, 5.74) is 0.912. The molecule has 1 amide bonds. The summed E-state index contributed by atoms with van der Waals surface area (Å²) in [5, 5.41) is 3.07. The minimum absolute atomic E-state index is 0.0826. The van der Waals surface area contributed by atoms with Crippen molar-refractivity contribution in [3.8, 4) is 0 Å². The van der Waals surface area contributed by atoms with Crippen LogP contribution < -0.4 is 5.32 Å². The standard InChI is InChI=1S/C9H15NOS/c1-5-6-7(11)10-8(6)12-9(2,3)4/h5,8H,1-4H3,(H,10,11)/b6-5+. The fourth-order valence-corrected chi connectivity index (χ4v) is 2.29. The normalized spacial score (nSPS) is 26.8.